The SMILES string of the molecule is OCCCCN1CCN2CCCC2C1. The second-order valence-electron chi connectivity index (χ2n) is 4.56. The molecule has 0 amide bonds. The van der Waals surface area contributed by atoms with Crippen LogP contribution in [0.4, 0.5) is 0 Å². The number of fused-ring (bicyclic) bond motifs is 1. The standard InChI is InChI=1S/C11H22N2O/c14-9-2-1-5-12-7-8-13-6-3-4-11(13)10-12/h11,14H,1-10H2. The molecule has 0 spiro atoms. The Morgan fingerprint density at radius 1 is 1.14 bits per heavy atom. The zero-order valence-corrected chi connectivity index (χ0v) is 8.99. The summed E-state index contributed by atoms with van der Waals surface area (Å²) in [7, 11) is 0. The molecule has 2 fully saturated rings. The van der Waals surface area contributed by atoms with E-state index in [1.165, 1.54) is 45.6 Å². The van der Waals surface area contributed by atoms with Crippen molar-refractivity contribution in [2.45, 2.75) is 31.7 Å². The van der Waals surface area contributed by atoms with Gasteiger partial charge in [0.25, 0.3) is 0 Å². The summed E-state index contributed by atoms with van der Waals surface area (Å²) in [6.45, 7) is 6.64. The van der Waals surface area contributed by atoms with E-state index < -0.39 is 0 Å². The lowest BCUT2D eigenvalue weighted by molar-refractivity contribution is 0.102. The monoisotopic (exact) mass is 198 g/mol. The highest BCUT2D eigenvalue weighted by Crippen LogP contribution is 2.21. The molecule has 2 aliphatic heterocycles. The molecule has 1 atom stereocenters. The van der Waals surface area contributed by atoms with E-state index in [0.29, 0.717) is 6.61 Å². The Hall–Kier alpha value is -0.120. The molecule has 2 saturated heterocycles. The number of hydrogen-bond donors (Lipinski definition) is 1. The van der Waals surface area contributed by atoms with Gasteiger partial charge in [-0.1, -0.05) is 0 Å². The highest BCUT2D eigenvalue weighted by atomic mass is 16.2. The summed E-state index contributed by atoms with van der Waals surface area (Å²) in [6, 6.07) is 0.845. The zero-order valence-electron chi connectivity index (χ0n) is 8.99. The van der Waals surface area contributed by atoms with E-state index in [-0.39, 0.29) is 0 Å². The van der Waals surface area contributed by atoms with Crippen LogP contribution in [0.15, 0.2) is 0 Å². The lowest BCUT2D eigenvalue weighted by Gasteiger charge is -2.37. The fourth-order valence-corrected chi connectivity index (χ4v) is 2.71. The van der Waals surface area contributed by atoms with Crippen molar-refractivity contribution in [3.63, 3.8) is 0 Å². The van der Waals surface area contributed by atoms with Crippen LogP contribution < -0.4 is 0 Å². The molecule has 0 aliphatic carbocycles. The predicted molar refractivity (Wildman–Crippen MR) is 57.4 cm³/mol. The van der Waals surface area contributed by atoms with Gasteiger partial charge in [-0.3, -0.25) is 4.90 Å². The molecule has 1 unspecified atom stereocenters. The summed E-state index contributed by atoms with van der Waals surface area (Å²) < 4.78 is 0. The topological polar surface area (TPSA) is 26.7 Å². The van der Waals surface area contributed by atoms with Gasteiger partial charge in [0.1, 0.15) is 0 Å². The van der Waals surface area contributed by atoms with E-state index in [1.54, 1.807) is 0 Å². The van der Waals surface area contributed by atoms with Gasteiger partial charge in [-0.05, 0) is 38.8 Å². The maximum absolute atomic E-state index is 8.72. The minimum Gasteiger partial charge on any atom is -0.396 e. The molecule has 82 valence electrons. The van der Waals surface area contributed by atoms with Gasteiger partial charge in [-0.25, -0.2) is 0 Å². The van der Waals surface area contributed by atoms with Crippen LogP contribution in [0.5, 0.6) is 0 Å². The second kappa shape index (κ2) is 5.10. The second-order valence-corrected chi connectivity index (χ2v) is 4.56. The first-order valence-corrected chi connectivity index (χ1v) is 5.97. The summed E-state index contributed by atoms with van der Waals surface area (Å²) in [5.41, 5.74) is 0. The minimum absolute atomic E-state index is 0.351. The summed E-state index contributed by atoms with van der Waals surface area (Å²) in [6.07, 6.45) is 4.92. The highest BCUT2D eigenvalue weighted by Gasteiger charge is 2.29. The highest BCUT2D eigenvalue weighted by molar-refractivity contribution is 4.86. The number of aliphatic hydroxyl groups excluding tert-OH is 1. The van der Waals surface area contributed by atoms with E-state index in [1.807, 2.05) is 0 Å². The normalized spacial score (nSPS) is 29.4. The van der Waals surface area contributed by atoms with Gasteiger partial charge in [0.05, 0.1) is 0 Å². The molecule has 1 N–H and O–H groups in total. The van der Waals surface area contributed by atoms with Gasteiger partial charge in [-0.15, -0.1) is 0 Å². The average molecular weight is 198 g/mol. The van der Waals surface area contributed by atoms with Gasteiger partial charge in [0, 0.05) is 32.3 Å². The van der Waals surface area contributed by atoms with Crippen molar-refractivity contribution in [1.82, 2.24) is 9.80 Å². The smallest absolute Gasteiger partial charge is 0.0431 e. The average Bonchev–Trinajstić information content (AvgIpc) is 2.65. The fraction of sp³-hybridized carbons (Fsp3) is 1.00. The van der Waals surface area contributed by atoms with Gasteiger partial charge >= 0.3 is 0 Å². The number of unbranched alkanes of at least 4 members (excludes halogenated alkanes) is 1. The van der Waals surface area contributed by atoms with Crippen molar-refractivity contribution < 1.29 is 5.11 Å². The van der Waals surface area contributed by atoms with Gasteiger partial charge in [-0.2, -0.15) is 0 Å². The molecule has 2 heterocycles. The lowest BCUT2D eigenvalue weighted by atomic mass is 10.1. The Morgan fingerprint density at radius 2 is 2.07 bits per heavy atom. The first-order valence-electron chi connectivity index (χ1n) is 5.97. The van der Waals surface area contributed by atoms with Gasteiger partial charge < -0.3 is 10.0 Å². The predicted octanol–water partition coefficient (Wildman–Crippen LogP) is 0.539. The lowest BCUT2D eigenvalue weighted by Crippen LogP contribution is -2.50. The third-order valence-corrected chi connectivity index (χ3v) is 3.55. The maximum atomic E-state index is 8.72. The zero-order chi connectivity index (χ0) is 9.80. The Labute approximate surface area is 86.7 Å². The number of piperazine rings is 1. The first kappa shape index (κ1) is 10.4. The third kappa shape index (κ3) is 2.47. The van der Waals surface area contributed by atoms with Gasteiger partial charge in [0.15, 0.2) is 0 Å². The molecule has 0 aromatic heterocycles. The van der Waals surface area contributed by atoms with E-state index in [9.17, 15) is 0 Å². The third-order valence-electron chi connectivity index (χ3n) is 3.55. The van der Waals surface area contributed by atoms with Crippen molar-refractivity contribution in [3.05, 3.63) is 0 Å². The molecular formula is C11H22N2O. The first-order chi connectivity index (χ1) is 6.90. The minimum atomic E-state index is 0.351. The van der Waals surface area contributed by atoms with E-state index >= 15 is 0 Å². The fourth-order valence-electron chi connectivity index (χ4n) is 2.71. The molecule has 0 radical (unpaired) electrons. The molecule has 0 aromatic carbocycles. The maximum Gasteiger partial charge on any atom is 0.0431 e. The molecule has 2 rings (SSSR count). The molecule has 0 saturated carbocycles. The van der Waals surface area contributed by atoms with Crippen molar-refractivity contribution in [2.75, 3.05) is 39.3 Å². The van der Waals surface area contributed by atoms with Crippen LogP contribution in [-0.2, 0) is 0 Å². The number of nitrogens with zero attached hydrogens (tertiary/aromatic N) is 2. The van der Waals surface area contributed by atoms with E-state index in [4.69, 9.17) is 5.11 Å². The van der Waals surface area contributed by atoms with E-state index in [0.717, 1.165) is 18.9 Å². The van der Waals surface area contributed by atoms with Crippen LogP contribution >= 0.6 is 0 Å². The number of aliphatic hydroxyl groups is 1. The van der Waals surface area contributed by atoms with E-state index in [2.05, 4.69) is 9.80 Å². The number of hydrogen-bond acceptors (Lipinski definition) is 3. The molecular weight excluding hydrogens is 176 g/mol. The van der Waals surface area contributed by atoms with Crippen LogP contribution in [0, 0.1) is 0 Å². The van der Waals surface area contributed by atoms with Crippen molar-refractivity contribution in [3.8, 4) is 0 Å². The quantitative estimate of drug-likeness (QED) is 0.668. The van der Waals surface area contributed by atoms with Gasteiger partial charge in [0.2, 0.25) is 0 Å². The van der Waals surface area contributed by atoms with Crippen molar-refractivity contribution in [1.29, 1.82) is 0 Å². The molecule has 2 aliphatic rings. The summed E-state index contributed by atoms with van der Waals surface area (Å²) >= 11 is 0. The molecule has 0 aromatic rings. The van der Waals surface area contributed by atoms with Crippen LogP contribution in [0.2, 0.25) is 0 Å². The number of rotatable bonds is 4. The van der Waals surface area contributed by atoms with Crippen LogP contribution in [0.25, 0.3) is 0 Å². The largest absolute Gasteiger partial charge is 0.396 e. The van der Waals surface area contributed by atoms with Crippen LogP contribution in [-0.4, -0.2) is 60.3 Å². The molecule has 3 heteroatoms. The Balaban J connectivity index is 1.69. The summed E-state index contributed by atoms with van der Waals surface area (Å²) in [5.74, 6) is 0. The molecule has 0 bridgehead atoms. The Morgan fingerprint density at radius 3 is 2.93 bits per heavy atom. The summed E-state index contributed by atoms with van der Waals surface area (Å²) in [5, 5.41) is 8.72. The Kier molecular flexibility index (Phi) is 3.79. The van der Waals surface area contributed by atoms with Crippen molar-refractivity contribution >= 4 is 0 Å². The molecule has 14 heavy (non-hydrogen) atoms. The van der Waals surface area contributed by atoms with Crippen LogP contribution in [0.1, 0.15) is 25.7 Å². The van der Waals surface area contributed by atoms with Crippen molar-refractivity contribution in [2.24, 2.45) is 0 Å². The van der Waals surface area contributed by atoms with Crippen LogP contribution in [0.3, 0.4) is 0 Å². The molecule has 3 nitrogen and oxygen atoms in total. The Bertz CT molecular complexity index is 175. The summed E-state index contributed by atoms with van der Waals surface area (Å²) in [4.78, 5) is 5.21.